The maximum atomic E-state index is 12.8. The number of nitrogens with zero attached hydrogens (tertiary/aromatic N) is 1. The second-order valence-electron chi connectivity index (χ2n) is 6.06. The smallest absolute Gasteiger partial charge is 0.207 e. The van der Waals surface area contributed by atoms with Crippen molar-refractivity contribution < 1.29 is 8.42 Å². The van der Waals surface area contributed by atoms with Gasteiger partial charge in [0.2, 0.25) is 10.0 Å². The van der Waals surface area contributed by atoms with Crippen molar-refractivity contribution in [2.45, 2.75) is 26.3 Å². The molecule has 120 valence electrons. The molecule has 0 radical (unpaired) electrons. The Morgan fingerprint density at radius 3 is 2.43 bits per heavy atom. The molecule has 4 heteroatoms. The van der Waals surface area contributed by atoms with Crippen LogP contribution in [-0.2, 0) is 23.0 Å². The lowest BCUT2D eigenvalue weighted by atomic mass is 9.98. The van der Waals surface area contributed by atoms with E-state index < -0.39 is 10.0 Å². The number of rotatable bonds is 4. The Balaban J connectivity index is 1.84. The summed E-state index contributed by atoms with van der Waals surface area (Å²) in [5, 5.41) is 0. The molecule has 0 heterocycles. The summed E-state index contributed by atoms with van der Waals surface area (Å²) in [7, 11) is -1.77. The van der Waals surface area contributed by atoms with Gasteiger partial charge >= 0.3 is 0 Å². The van der Waals surface area contributed by atoms with E-state index in [0.29, 0.717) is 17.9 Å². The number of fused-ring (bicyclic) bond motifs is 1. The van der Waals surface area contributed by atoms with Gasteiger partial charge in [0.25, 0.3) is 0 Å². The first-order valence-electron chi connectivity index (χ1n) is 7.77. The molecule has 0 fully saturated rings. The highest BCUT2D eigenvalue weighted by Crippen LogP contribution is 2.28. The Hall–Kier alpha value is -1.91. The van der Waals surface area contributed by atoms with Crippen molar-refractivity contribution in [1.29, 1.82) is 0 Å². The second kappa shape index (κ2) is 6.30. The molecule has 0 amide bonds. The van der Waals surface area contributed by atoms with Crippen LogP contribution in [0, 0.1) is 6.92 Å². The van der Waals surface area contributed by atoms with Gasteiger partial charge in [-0.15, -0.1) is 0 Å². The van der Waals surface area contributed by atoms with Crippen LogP contribution in [0.5, 0.6) is 0 Å². The van der Waals surface area contributed by atoms with Gasteiger partial charge in [-0.25, -0.2) is 8.42 Å². The monoisotopic (exact) mass is 327 g/mol. The molecule has 0 aromatic heterocycles. The normalized spacial score (nSPS) is 14.5. The van der Waals surface area contributed by atoms with Crippen LogP contribution in [0.4, 0.5) is 0 Å². The van der Waals surface area contributed by atoms with Crippen LogP contribution in [0.2, 0.25) is 0 Å². The topological polar surface area (TPSA) is 37.4 Å². The Morgan fingerprint density at radius 1 is 1.00 bits per heavy atom. The maximum Gasteiger partial charge on any atom is 0.239 e. The fourth-order valence-corrected chi connectivity index (χ4v) is 4.20. The van der Waals surface area contributed by atoms with Gasteiger partial charge in [0.1, 0.15) is 0 Å². The van der Waals surface area contributed by atoms with Crippen molar-refractivity contribution >= 4 is 16.1 Å². The van der Waals surface area contributed by atoms with E-state index in [0.717, 1.165) is 17.5 Å². The number of hydrogen-bond acceptors (Lipinski definition) is 2. The molecule has 3 nitrogen and oxygen atoms in total. The molecule has 0 spiro atoms. The van der Waals surface area contributed by atoms with E-state index in [9.17, 15) is 8.42 Å². The summed E-state index contributed by atoms with van der Waals surface area (Å²) >= 11 is 0. The second-order valence-corrected chi connectivity index (χ2v) is 8.15. The minimum absolute atomic E-state index is 0.390. The highest BCUT2D eigenvalue weighted by Gasteiger charge is 2.26. The van der Waals surface area contributed by atoms with Gasteiger partial charge in [0, 0.05) is 13.6 Å². The SMILES string of the molecule is Cc1ccc(CN(C)S(=O)(=O)C2=Cc3ccccc3CC2)cc1. The summed E-state index contributed by atoms with van der Waals surface area (Å²) in [6, 6.07) is 15.9. The van der Waals surface area contributed by atoms with Gasteiger partial charge in [-0.05, 0) is 42.5 Å². The highest BCUT2D eigenvalue weighted by molar-refractivity contribution is 7.93. The molecule has 1 aliphatic carbocycles. The molecule has 2 aromatic carbocycles. The van der Waals surface area contributed by atoms with Crippen molar-refractivity contribution in [2.75, 3.05) is 7.05 Å². The summed E-state index contributed by atoms with van der Waals surface area (Å²) in [4.78, 5) is 0.505. The fraction of sp³-hybridized carbons (Fsp3) is 0.263. The largest absolute Gasteiger partial charge is 0.239 e. The van der Waals surface area contributed by atoms with Crippen LogP contribution in [0.1, 0.15) is 28.7 Å². The summed E-state index contributed by atoms with van der Waals surface area (Å²) < 4.78 is 27.1. The predicted octanol–water partition coefficient (Wildman–Crippen LogP) is 3.74. The van der Waals surface area contributed by atoms with Crippen molar-refractivity contribution in [3.05, 3.63) is 75.7 Å². The molecular formula is C19H21NO2S. The molecule has 0 bridgehead atoms. The van der Waals surface area contributed by atoms with Gasteiger partial charge in [-0.3, -0.25) is 0 Å². The quantitative estimate of drug-likeness (QED) is 0.858. The zero-order valence-electron chi connectivity index (χ0n) is 13.5. The van der Waals surface area contributed by atoms with Crippen LogP contribution < -0.4 is 0 Å². The predicted molar refractivity (Wildman–Crippen MR) is 94.3 cm³/mol. The minimum Gasteiger partial charge on any atom is -0.207 e. The number of allylic oxidation sites excluding steroid dienone is 1. The maximum absolute atomic E-state index is 12.8. The van der Waals surface area contributed by atoms with Gasteiger partial charge < -0.3 is 0 Å². The van der Waals surface area contributed by atoms with Crippen molar-refractivity contribution in [1.82, 2.24) is 4.31 Å². The molecule has 0 unspecified atom stereocenters. The van der Waals surface area contributed by atoms with Crippen LogP contribution in [0.25, 0.3) is 6.08 Å². The lowest BCUT2D eigenvalue weighted by Gasteiger charge is -2.22. The number of hydrogen-bond donors (Lipinski definition) is 0. The molecule has 23 heavy (non-hydrogen) atoms. The van der Waals surface area contributed by atoms with Crippen LogP contribution >= 0.6 is 0 Å². The average molecular weight is 327 g/mol. The molecule has 0 saturated heterocycles. The lowest BCUT2D eigenvalue weighted by molar-refractivity contribution is 0.471. The Bertz CT molecular complexity index is 836. The molecule has 2 aromatic rings. The molecule has 0 atom stereocenters. The van der Waals surface area contributed by atoms with Gasteiger partial charge in [0.15, 0.2) is 0 Å². The van der Waals surface area contributed by atoms with Crippen molar-refractivity contribution in [2.24, 2.45) is 0 Å². The fourth-order valence-electron chi connectivity index (χ4n) is 2.85. The Morgan fingerprint density at radius 2 is 1.70 bits per heavy atom. The zero-order chi connectivity index (χ0) is 16.4. The van der Waals surface area contributed by atoms with Crippen LogP contribution in [0.15, 0.2) is 53.4 Å². The van der Waals surface area contributed by atoms with Crippen molar-refractivity contribution in [3.63, 3.8) is 0 Å². The van der Waals surface area contributed by atoms with E-state index in [1.165, 1.54) is 15.4 Å². The third-order valence-corrected chi connectivity index (χ3v) is 6.21. The van der Waals surface area contributed by atoms with Crippen molar-refractivity contribution in [3.8, 4) is 0 Å². The Kier molecular flexibility index (Phi) is 4.37. The average Bonchev–Trinajstić information content (AvgIpc) is 2.56. The molecular weight excluding hydrogens is 306 g/mol. The van der Waals surface area contributed by atoms with E-state index >= 15 is 0 Å². The van der Waals surface area contributed by atoms with Gasteiger partial charge in [-0.1, -0.05) is 54.1 Å². The van der Waals surface area contributed by atoms with Crippen LogP contribution in [-0.4, -0.2) is 19.8 Å². The summed E-state index contributed by atoms with van der Waals surface area (Å²) in [6.07, 6.45) is 3.16. The first-order valence-corrected chi connectivity index (χ1v) is 9.21. The van der Waals surface area contributed by atoms with Crippen LogP contribution in [0.3, 0.4) is 0 Å². The summed E-state index contributed by atoms with van der Waals surface area (Å²) in [5.74, 6) is 0. The number of sulfonamides is 1. The van der Waals surface area contributed by atoms with E-state index in [4.69, 9.17) is 0 Å². The van der Waals surface area contributed by atoms with E-state index in [1.807, 2.05) is 55.5 Å². The molecule has 0 aliphatic heterocycles. The molecule has 1 aliphatic rings. The van der Waals surface area contributed by atoms with Gasteiger partial charge in [0.05, 0.1) is 4.91 Å². The standard InChI is InChI=1S/C19H21NO2S/c1-15-7-9-16(10-8-15)14-20(2)23(21,22)19-12-11-17-5-3-4-6-18(17)13-19/h3-10,13H,11-12,14H2,1-2H3. The number of benzene rings is 2. The highest BCUT2D eigenvalue weighted by atomic mass is 32.2. The minimum atomic E-state index is -3.42. The Labute approximate surface area is 138 Å². The first-order chi connectivity index (χ1) is 11.0. The van der Waals surface area contributed by atoms with Gasteiger partial charge in [-0.2, -0.15) is 4.31 Å². The third kappa shape index (κ3) is 3.38. The number of aryl methyl sites for hydroxylation is 2. The lowest BCUT2D eigenvalue weighted by Crippen LogP contribution is -2.28. The molecule has 0 N–H and O–H groups in total. The third-order valence-electron chi connectivity index (χ3n) is 4.28. The zero-order valence-corrected chi connectivity index (χ0v) is 14.3. The summed E-state index contributed by atoms with van der Waals surface area (Å²) in [5.41, 5.74) is 4.40. The summed E-state index contributed by atoms with van der Waals surface area (Å²) in [6.45, 7) is 2.41. The molecule has 0 saturated carbocycles. The van der Waals surface area contributed by atoms with E-state index in [1.54, 1.807) is 7.05 Å². The first kappa shape index (κ1) is 16.0. The molecule has 3 rings (SSSR count). The van der Waals surface area contributed by atoms with E-state index in [2.05, 4.69) is 6.07 Å². The van der Waals surface area contributed by atoms with E-state index in [-0.39, 0.29) is 0 Å².